The molecule has 0 aliphatic heterocycles. The summed E-state index contributed by atoms with van der Waals surface area (Å²) >= 11 is 12.1. The number of nitrogens with one attached hydrogen (secondary N) is 1. The fourth-order valence-electron chi connectivity index (χ4n) is 3.17. The molecule has 0 aliphatic carbocycles. The first-order valence-electron chi connectivity index (χ1n) is 10.5. The van der Waals surface area contributed by atoms with Crippen LogP contribution >= 0.6 is 23.2 Å². The van der Waals surface area contributed by atoms with E-state index in [0.717, 1.165) is 28.1 Å². The van der Waals surface area contributed by atoms with E-state index >= 15 is 0 Å². The van der Waals surface area contributed by atoms with Crippen molar-refractivity contribution < 1.29 is 18.0 Å². The van der Waals surface area contributed by atoms with Gasteiger partial charge in [-0.3, -0.25) is 13.9 Å². The van der Waals surface area contributed by atoms with E-state index in [0.29, 0.717) is 6.54 Å². The first kappa shape index (κ1) is 27.0. The van der Waals surface area contributed by atoms with E-state index in [1.807, 2.05) is 38.1 Å². The van der Waals surface area contributed by atoms with Gasteiger partial charge in [0.25, 0.3) is 0 Å². The summed E-state index contributed by atoms with van der Waals surface area (Å²) in [6.07, 6.45) is 1.75. The van der Waals surface area contributed by atoms with E-state index in [1.54, 1.807) is 6.92 Å². The third-order valence-electron chi connectivity index (χ3n) is 5.00. The topological polar surface area (TPSA) is 86.8 Å². The molecule has 2 amide bonds. The molecular weight excluding hydrogens is 485 g/mol. The number of aryl methyl sites for hydroxylation is 1. The van der Waals surface area contributed by atoms with Crippen molar-refractivity contribution in [3.8, 4) is 0 Å². The van der Waals surface area contributed by atoms with Crippen LogP contribution < -0.4 is 9.62 Å². The van der Waals surface area contributed by atoms with E-state index in [9.17, 15) is 18.0 Å². The van der Waals surface area contributed by atoms with Crippen LogP contribution in [0.3, 0.4) is 0 Å². The minimum Gasteiger partial charge on any atom is -0.354 e. The second-order valence-electron chi connectivity index (χ2n) is 7.87. The monoisotopic (exact) mass is 513 g/mol. The number of benzene rings is 2. The molecule has 0 heterocycles. The maximum Gasteiger partial charge on any atom is 0.244 e. The van der Waals surface area contributed by atoms with Crippen LogP contribution in [0.4, 0.5) is 5.69 Å². The first-order valence-corrected chi connectivity index (χ1v) is 13.1. The SMILES string of the molecule is CCCNC(=O)C(C)N(Cc1ccc(C)cc1)C(=O)CN(c1cc(Cl)cc(Cl)c1)S(C)(=O)=O. The lowest BCUT2D eigenvalue weighted by Crippen LogP contribution is -2.51. The van der Waals surface area contributed by atoms with Crippen molar-refractivity contribution in [2.45, 2.75) is 39.8 Å². The highest BCUT2D eigenvalue weighted by Crippen LogP contribution is 2.27. The molecule has 0 fully saturated rings. The number of anilines is 1. The molecule has 2 rings (SSSR count). The average molecular weight is 514 g/mol. The van der Waals surface area contributed by atoms with E-state index in [2.05, 4.69) is 5.32 Å². The van der Waals surface area contributed by atoms with Crippen molar-refractivity contribution in [1.82, 2.24) is 10.2 Å². The van der Waals surface area contributed by atoms with Crippen LogP contribution in [0.1, 0.15) is 31.4 Å². The fourth-order valence-corrected chi connectivity index (χ4v) is 4.51. The summed E-state index contributed by atoms with van der Waals surface area (Å²) in [7, 11) is -3.85. The van der Waals surface area contributed by atoms with Crippen LogP contribution in [-0.2, 0) is 26.2 Å². The highest BCUT2D eigenvalue weighted by Gasteiger charge is 2.30. The minimum absolute atomic E-state index is 0.147. The number of sulfonamides is 1. The molecule has 0 spiro atoms. The molecule has 2 aromatic rings. The summed E-state index contributed by atoms with van der Waals surface area (Å²) in [6.45, 7) is 5.62. The van der Waals surface area contributed by atoms with Gasteiger partial charge in [0, 0.05) is 23.1 Å². The lowest BCUT2D eigenvalue weighted by Gasteiger charge is -2.31. The molecule has 0 saturated heterocycles. The number of carbonyl (C=O) groups is 2. The van der Waals surface area contributed by atoms with Gasteiger partial charge in [0.15, 0.2) is 0 Å². The maximum absolute atomic E-state index is 13.4. The van der Waals surface area contributed by atoms with Crippen molar-refractivity contribution in [2.24, 2.45) is 0 Å². The lowest BCUT2D eigenvalue weighted by molar-refractivity contribution is -0.139. The van der Waals surface area contributed by atoms with Crippen molar-refractivity contribution in [2.75, 3.05) is 23.7 Å². The molecule has 0 bridgehead atoms. The zero-order valence-corrected chi connectivity index (χ0v) is 21.5. The van der Waals surface area contributed by atoms with Crippen LogP contribution in [0, 0.1) is 6.92 Å². The largest absolute Gasteiger partial charge is 0.354 e. The number of halogens is 2. The second kappa shape index (κ2) is 11.7. The van der Waals surface area contributed by atoms with Gasteiger partial charge >= 0.3 is 0 Å². The summed E-state index contributed by atoms with van der Waals surface area (Å²) in [6, 6.07) is 11.1. The molecule has 0 aliphatic rings. The van der Waals surface area contributed by atoms with Crippen molar-refractivity contribution >= 4 is 50.7 Å². The molecule has 2 aromatic carbocycles. The highest BCUT2D eigenvalue weighted by atomic mass is 35.5. The molecular formula is C23H29Cl2N3O4S. The van der Waals surface area contributed by atoms with Gasteiger partial charge in [0.2, 0.25) is 21.8 Å². The van der Waals surface area contributed by atoms with Crippen LogP contribution in [-0.4, -0.2) is 50.5 Å². The van der Waals surface area contributed by atoms with E-state index in [1.165, 1.54) is 23.1 Å². The Hall–Kier alpha value is -2.29. The number of amides is 2. The predicted octanol–water partition coefficient (Wildman–Crippen LogP) is 4.01. The molecule has 180 valence electrons. The molecule has 1 atom stereocenters. The Kier molecular flexibility index (Phi) is 9.57. The molecule has 10 heteroatoms. The van der Waals surface area contributed by atoms with Gasteiger partial charge in [0.1, 0.15) is 12.6 Å². The molecule has 0 saturated carbocycles. The smallest absolute Gasteiger partial charge is 0.244 e. The van der Waals surface area contributed by atoms with Gasteiger partial charge in [-0.25, -0.2) is 8.42 Å². The van der Waals surface area contributed by atoms with Gasteiger partial charge in [0.05, 0.1) is 11.9 Å². The third-order valence-corrected chi connectivity index (χ3v) is 6.58. The molecule has 7 nitrogen and oxygen atoms in total. The first-order chi connectivity index (χ1) is 15.4. The summed E-state index contributed by atoms with van der Waals surface area (Å²) < 4.78 is 26.0. The number of hydrogen-bond donors (Lipinski definition) is 1. The Morgan fingerprint density at radius 3 is 2.15 bits per heavy atom. The van der Waals surface area contributed by atoms with Gasteiger partial charge in [-0.1, -0.05) is 60.0 Å². The van der Waals surface area contributed by atoms with Gasteiger partial charge in [-0.2, -0.15) is 0 Å². The Bertz CT molecular complexity index is 1070. The Balaban J connectivity index is 2.39. The van der Waals surface area contributed by atoms with Gasteiger partial charge in [-0.15, -0.1) is 0 Å². The van der Waals surface area contributed by atoms with Gasteiger partial charge in [-0.05, 0) is 44.0 Å². The summed E-state index contributed by atoms with van der Waals surface area (Å²) in [5.74, 6) is -0.842. The van der Waals surface area contributed by atoms with Crippen molar-refractivity contribution in [1.29, 1.82) is 0 Å². The molecule has 33 heavy (non-hydrogen) atoms. The Labute approximate surface area is 205 Å². The van der Waals surface area contributed by atoms with E-state index in [4.69, 9.17) is 23.2 Å². The number of rotatable bonds is 10. The van der Waals surface area contributed by atoms with Crippen molar-refractivity contribution in [3.63, 3.8) is 0 Å². The number of nitrogens with zero attached hydrogens (tertiary/aromatic N) is 2. The van der Waals surface area contributed by atoms with Gasteiger partial charge < -0.3 is 10.2 Å². The Morgan fingerprint density at radius 1 is 1.06 bits per heavy atom. The van der Waals surface area contributed by atoms with Crippen LogP contribution in [0.25, 0.3) is 0 Å². The molecule has 1 unspecified atom stereocenters. The minimum atomic E-state index is -3.85. The molecule has 0 aromatic heterocycles. The quantitative estimate of drug-likeness (QED) is 0.519. The zero-order valence-electron chi connectivity index (χ0n) is 19.1. The van der Waals surface area contributed by atoms with Crippen molar-refractivity contribution in [3.05, 3.63) is 63.6 Å². The number of carbonyl (C=O) groups excluding carboxylic acids is 2. The molecule has 1 N–H and O–H groups in total. The van der Waals surface area contributed by atoms with Crippen LogP contribution in [0.2, 0.25) is 10.0 Å². The number of hydrogen-bond acceptors (Lipinski definition) is 4. The summed E-state index contributed by atoms with van der Waals surface area (Å²) in [5, 5.41) is 3.27. The fraction of sp³-hybridized carbons (Fsp3) is 0.391. The van der Waals surface area contributed by atoms with E-state index in [-0.39, 0.29) is 28.2 Å². The normalized spacial score (nSPS) is 12.2. The maximum atomic E-state index is 13.4. The summed E-state index contributed by atoms with van der Waals surface area (Å²) in [5.41, 5.74) is 2.05. The third kappa shape index (κ3) is 7.91. The lowest BCUT2D eigenvalue weighted by atomic mass is 10.1. The highest BCUT2D eigenvalue weighted by molar-refractivity contribution is 7.92. The summed E-state index contributed by atoms with van der Waals surface area (Å²) in [4.78, 5) is 27.4. The average Bonchev–Trinajstić information content (AvgIpc) is 2.73. The molecule has 0 radical (unpaired) electrons. The van der Waals surface area contributed by atoms with Crippen LogP contribution in [0.5, 0.6) is 0 Å². The standard InChI is InChI=1S/C23H29Cl2N3O4S/c1-5-10-26-23(30)17(3)27(14-18-8-6-16(2)7-9-18)22(29)15-28(33(4,31)32)21-12-19(24)11-20(25)13-21/h6-9,11-13,17H,5,10,14-15H2,1-4H3,(H,26,30). The predicted molar refractivity (Wildman–Crippen MR) is 133 cm³/mol. The van der Waals surface area contributed by atoms with E-state index < -0.39 is 28.5 Å². The zero-order chi connectivity index (χ0) is 24.8. The van der Waals surface area contributed by atoms with Crippen LogP contribution in [0.15, 0.2) is 42.5 Å². The Morgan fingerprint density at radius 2 is 1.64 bits per heavy atom. The second-order valence-corrected chi connectivity index (χ2v) is 10.7.